The van der Waals surface area contributed by atoms with Gasteiger partial charge in [-0.25, -0.2) is 4.98 Å². The average molecular weight is 451 g/mol. The maximum absolute atomic E-state index is 6.19. The lowest BCUT2D eigenvalue weighted by atomic mass is 9.84. The van der Waals surface area contributed by atoms with Crippen molar-refractivity contribution in [3.63, 3.8) is 0 Å². The summed E-state index contributed by atoms with van der Waals surface area (Å²) in [6, 6.07) is 0. The number of aromatic nitrogens is 1. The first-order valence-corrected chi connectivity index (χ1v) is 8.95. The van der Waals surface area contributed by atoms with Gasteiger partial charge in [-0.05, 0) is 17.8 Å². The quantitative estimate of drug-likeness (QED) is 0.424. The van der Waals surface area contributed by atoms with Crippen LogP contribution in [0.5, 0.6) is 0 Å². The Balaban J connectivity index is 0.00000264. The molecule has 2 N–H and O–H groups in total. The van der Waals surface area contributed by atoms with Gasteiger partial charge in [-0.1, -0.05) is 27.7 Å². The van der Waals surface area contributed by atoms with Crippen molar-refractivity contribution in [1.29, 1.82) is 0 Å². The second-order valence-corrected chi connectivity index (χ2v) is 8.10. The highest BCUT2D eigenvalue weighted by Crippen LogP contribution is 2.25. The van der Waals surface area contributed by atoms with Crippen LogP contribution in [0.15, 0.2) is 16.6 Å². The third-order valence-corrected chi connectivity index (χ3v) is 4.76. The number of hydrogen-bond acceptors (Lipinski definition) is 4. The first kappa shape index (κ1) is 20.5. The van der Waals surface area contributed by atoms with Crippen LogP contribution in [0.3, 0.4) is 0 Å². The molecule has 7 heteroatoms. The molecule has 0 unspecified atom stereocenters. The zero-order chi connectivity index (χ0) is 16.2. The van der Waals surface area contributed by atoms with Crippen molar-refractivity contribution in [3.05, 3.63) is 11.6 Å². The van der Waals surface area contributed by atoms with Crippen molar-refractivity contribution >= 4 is 46.4 Å². The van der Waals surface area contributed by atoms with Crippen molar-refractivity contribution in [3.8, 4) is 0 Å². The zero-order valence-electron chi connectivity index (χ0n) is 14.7. The molecular formula is C16H30IN5S. The second-order valence-electron chi connectivity index (χ2n) is 7.23. The van der Waals surface area contributed by atoms with Gasteiger partial charge in [0.05, 0.1) is 0 Å². The molecular weight excluding hydrogens is 421 g/mol. The molecule has 1 saturated heterocycles. The third-order valence-electron chi connectivity index (χ3n) is 3.92. The Morgan fingerprint density at radius 3 is 2.52 bits per heavy atom. The molecule has 5 nitrogen and oxygen atoms in total. The molecule has 0 radical (unpaired) electrons. The van der Waals surface area contributed by atoms with Crippen molar-refractivity contribution in [2.75, 3.05) is 37.6 Å². The lowest BCUT2D eigenvalue weighted by Gasteiger charge is -2.35. The van der Waals surface area contributed by atoms with Crippen LogP contribution < -0.4 is 10.6 Å². The van der Waals surface area contributed by atoms with E-state index in [1.165, 1.54) is 6.42 Å². The van der Waals surface area contributed by atoms with E-state index in [4.69, 9.17) is 5.73 Å². The molecule has 2 rings (SSSR count). The number of halogens is 1. The Bertz CT molecular complexity index is 479. The molecule has 0 atom stereocenters. The van der Waals surface area contributed by atoms with E-state index in [0.29, 0.717) is 11.9 Å². The fourth-order valence-electron chi connectivity index (χ4n) is 3.06. The van der Waals surface area contributed by atoms with Gasteiger partial charge in [0.1, 0.15) is 0 Å². The SMILES string of the molecule is CC(C)CC(C)(C)CN=C(N)N1CCN(c2nccs2)CC1.I. The molecule has 0 aliphatic carbocycles. The third kappa shape index (κ3) is 6.45. The van der Waals surface area contributed by atoms with E-state index in [0.717, 1.165) is 37.9 Å². The van der Waals surface area contributed by atoms with Crippen molar-refractivity contribution < 1.29 is 0 Å². The van der Waals surface area contributed by atoms with Gasteiger partial charge in [0.2, 0.25) is 0 Å². The van der Waals surface area contributed by atoms with Crippen molar-refractivity contribution in [2.45, 2.75) is 34.1 Å². The first-order valence-electron chi connectivity index (χ1n) is 8.07. The molecule has 1 aromatic rings. The van der Waals surface area contributed by atoms with Gasteiger partial charge in [-0.3, -0.25) is 4.99 Å². The van der Waals surface area contributed by atoms with E-state index in [9.17, 15) is 0 Å². The van der Waals surface area contributed by atoms with E-state index < -0.39 is 0 Å². The summed E-state index contributed by atoms with van der Waals surface area (Å²) >= 11 is 1.69. The number of thiazole rings is 1. The summed E-state index contributed by atoms with van der Waals surface area (Å²) in [4.78, 5) is 13.5. The molecule has 23 heavy (non-hydrogen) atoms. The van der Waals surface area contributed by atoms with E-state index >= 15 is 0 Å². The van der Waals surface area contributed by atoms with Crippen LogP contribution in [0.4, 0.5) is 5.13 Å². The van der Waals surface area contributed by atoms with Crippen LogP contribution in [-0.4, -0.2) is 48.6 Å². The largest absolute Gasteiger partial charge is 0.370 e. The Hall–Kier alpha value is -0.570. The van der Waals surface area contributed by atoms with Crippen LogP contribution in [0.1, 0.15) is 34.1 Å². The number of anilines is 1. The summed E-state index contributed by atoms with van der Waals surface area (Å²) in [6.07, 6.45) is 3.03. The average Bonchev–Trinajstić information content (AvgIpc) is 2.98. The summed E-state index contributed by atoms with van der Waals surface area (Å²) in [6.45, 7) is 13.6. The maximum atomic E-state index is 6.19. The number of rotatable bonds is 5. The predicted octanol–water partition coefficient (Wildman–Crippen LogP) is 3.27. The van der Waals surface area contributed by atoms with E-state index in [1.54, 1.807) is 11.3 Å². The molecule has 1 aliphatic heterocycles. The van der Waals surface area contributed by atoms with Crippen LogP contribution in [0, 0.1) is 11.3 Å². The number of guanidine groups is 1. The van der Waals surface area contributed by atoms with Gasteiger partial charge in [-0.2, -0.15) is 0 Å². The van der Waals surface area contributed by atoms with E-state index in [-0.39, 0.29) is 29.4 Å². The molecule has 1 aromatic heterocycles. The Morgan fingerprint density at radius 1 is 1.35 bits per heavy atom. The van der Waals surface area contributed by atoms with Gasteiger partial charge in [0.15, 0.2) is 11.1 Å². The van der Waals surface area contributed by atoms with Crippen molar-refractivity contribution in [1.82, 2.24) is 9.88 Å². The summed E-state index contributed by atoms with van der Waals surface area (Å²) in [5.41, 5.74) is 6.40. The van der Waals surface area contributed by atoms with E-state index in [1.807, 2.05) is 11.6 Å². The Kier molecular flexibility index (Phi) is 8.06. The Labute approximate surface area is 161 Å². The molecule has 2 heterocycles. The minimum atomic E-state index is 0. The lowest BCUT2D eigenvalue weighted by Crippen LogP contribution is -2.51. The maximum Gasteiger partial charge on any atom is 0.191 e. The van der Waals surface area contributed by atoms with Crippen LogP contribution in [0.25, 0.3) is 0 Å². The molecule has 0 bridgehead atoms. The highest BCUT2D eigenvalue weighted by atomic mass is 127. The zero-order valence-corrected chi connectivity index (χ0v) is 17.8. The topological polar surface area (TPSA) is 57.8 Å². The second kappa shape index (κ2) is 9.05. The molecule has 1 fully saturated rings. The van der Waals surface area contributed by atoms with Gasteiger partial charge in [0.25, 0.3) is 0 Å². The molecule has 0 saturated carbocycles. The summed E-state index contributed by atoms with van der Waals surface area (Å²) in [5, 5.41) is 3.13. The highest BCUT2D eigenvalue weighted by Gasteiger charge is 2.22. The fraction of sp³-hybridized carbons (Fsp3) is 0.750. The van der Waals surface area contributed by atoms with Gasteiger partial charge < -0.3 is 15.5 Å². The number of nitrogens with zero attached hydrogens (tertiary/aromatic N) is 4. The van der Waals surface area contributed by atoms with Crippen molar-refractivity contribution in [2.24, 2.45) is 22.1 Å². The smallest absolute Gasteiger partial charge is 0.191 e. The molecule has 0 amide bonds. The standard InChI is InChI=1S/C16H29N5S.HI/c1-13(2)11-16(3,4)12-19-14(17)20-6-8-21(9-7-20)15-18-5-10-22-15;/h5,10,13H,6-9,11-12H2,1-4H3,(H2,17,19);1H. The van der Waals surface area contributed by atoms with Crippen LogP contribution >= 0.6 is 35.3 Å². The molecule has 0 aromatic carbocycles. The Morgan fingerprint density at radius 2 is 2.00 bits per heavy atom. The number of nitrogens with two attached hydrogens (primary N) is 1. The minimum absolute atomic E-state index is 0. The van der Waals surface area contributed by atoms with Gasteiger partial charge >= 0.3 is 0 Å². The molecule has 0 spiro atoms. The number of aliphatic imine (C=N–C) groups is 1. The fourth-order valence-corrected chi connectivity index (χ4v) is 3.76. The summed E-state index contributed by atoms with van der Waals surface area (Å²) in [7, 11) is 0. The first-order chi connectivity index (χ1) is 10.4. The van der Waals surface area contributed by atoms with Gasteiger partial charge in [0, 0.05) is 44.3 Å². The minimum Gasteiger partial charge on any atom is -0.370 e. The molecule has 1 aliphatic rings. The number of hydrogen-bond donors (Lipinski definition) is 1. The summed E-state index contributed by atoms with van der Waals surface area (Å²) < 4.78 is 0. The highest BCUT2D eigenvalue weighted by molar-refractivity contribution is 14.0. The van der Waals surface area contributed by atoms with Crippen LogP contribution in [-0.2, 0) is 0 Å². The summed E-state index contributed by atoms with van der Waals surface area (Å²) in [5.74, 6) is 1.38. The normalized spacial score (nSPS) is 16.7. The number of piperazine rings is 1. The van der Waals surface area contributed by atoms with Gasteiger partial charge in [-0.15, -0.1) is 35.3 Å². The predicted molar refractivity (Wildman–Crippen MR) is 111 cm³/mol. The molecule has 132 valence electrons. The lowest BCUT2D eigenvalue weighted by molar-refractivity contribution is 0.295. The van der Waals surface area contributed by atoms with Crippen LogP contribution in [0.2, 0.25) is 0 Å². The monoisotopic (exact) mass is 451 g/mol. The van der Waals surface area contributed by atoms with E-state index in [2.05, 4.69) is 47.5 Å².